The van der Waals surface area contributed by atoms with Crippen LogP contribution in [0.4, 0.5) is 0 Å². The van der Waals surface area contributed by atoms with Gasteiger partial charge >= 0.3 is 0 Å². The van der Waals surface area contributed by atoms with Gasteiger partial charge in [-0.05, 0) is 62.7 Å². The molecule has 2 aliphatic carbocycles. The summed E-state index contributed by atoms with van der Waals surface area (Å²) in [5.74, 6) is 3.15. The maximum Gasteiger partial charge on any atom is 0.0575 e. The number of hydrogen-bond acceptors (Lipinski definition) is 1. The number of unbranched alkanes of at least 4 members (excludes halogenated alkanes) is 1. The zero-order valence-electron chi connectivity index (χ0n) is 13.9. The summed E-state index contributed by atoms with van der Waals surface area (Å²) in [6.07, 6.45) is 17.6. The van der Waals surface area contributed by atoms with Crippen LogP contribution in [0.3, 0.4) is 0 Å². The molecule has 0 N–H and O–H groups in total. The van der Waals surface area contributed by atoms with Gasteiger partial charge in [0, 0.05) is 6.61 Å². The molecule has 0 aromatic carbocycles. The van der Waals surface area contributed by atoms with Gasteiger partial charge in [0.15, 0.2) is 0 Å². The molecule has 0 amide bonds. The van der Waals surface area contributed by atoms with Gasteiger partial charge in [-0.2, -0.15) is 0 Å². The Morgan fingerprint density at radius 1 is 0.750 bits per heavy atom. The summed E-state index contributed by atoms with van der Waals surface area (Å²) < 4.78 is 6.01. The van der Waals surface area contributed by atoms with Gasteiger partial charge in [0.25, 0.3) is 0 Å². The van der Waals surface area contributed by atoms with Gasteiger partial charge < -0.3 is 4.74 Å². The van der Waals surface area contributed by atoms with E-state index in [1.807, 2.05) is 0 Å². The summed E-state index contributed by atoms with van der Waals surface area (Å²) in [6.45, 7) is 5.58. The third-order valence-corrected chi connectivity index (χ3v) is 5.83. The molecular weight excluding hydrogens is 244 g/mol. The van der Waals surface area contributed by atoms with Crippen LogP contribution in [0.5, 0.6) is 0 Å². The third-order valence-electron chi connectivity index (χ3n) is 5.83. The molecule has 0 aromatic rings. The Bertz CT molecular complexity index is 234. The van der Waals surface area contributed by atoms with E-state index in [4.69, 9.17) is 4.74 Å². The van der Waals surface area contributed by atoms with E-state index in [1.165, 1.54) is 77.0 Å². The summed E-state index contributed by atoms with van der Waals surface area (Å²) in [7, 11) is 0. The molecule has 118 valence electrons. The predicted octanol–water partition coefficient (Wildman–Crippen LogP) is 5.97. The molecule has 2 rings (SSSR count). The summed E-state index contributed by atoms with van der Waals surface area (Å²) in [5.41, 5.74) is 0. The molecule has 0 bridgehead atoms. The second kappa shape index (κ2) is 9.07. The van der Waals surface area contributed by atoms with Gasteiger partial charge in [-0.1, -0.05) is 46.0 Å². The molecule has 2 saturated carbocycles. The molecule has 0 spiro atoms. The van der Waals surface area contributed by atoms with Crippen LogP contribution in [0, 0.1) is 17.8 Å². The zero-order valence-corrected chi connectivity index (χ0v) is 13.9. The second-order valence-corrected chi connectivity index (χ2v) is 7.33. The van der Waals surface area contributed by atoms with E-state index in [-0.39, 0.29) is 0 Å². The van der Waals surface area contributed by atoms with Crippen molar-refractivity contribution in [3.63, 3.8) is 0 Å². The predicted molar refractivity (Wildman–Crippen MR) is 87.0 cm³/mol. The van der Waals surface area contributed by atoms with Crippen LogP contribution >= 0.6 is 0 Å². The van der Waals surface area contributed by atoms with Crippen molar-refractivity contribution in [1.82, 2.24) is 0 Å². The summed E-state index contributed by atoms with van der Waals surface area (Å²) >= 11 is 0. The minimum Gasteiger partial charge on any atom is -0.378 e. The normalized spacial score (nSPS) is 35.1. The Kier molecular flexibility index (Phi) is 7.41. The fourth-order valence-electron chi connectivity index (χ4n) is 4.48. The Balaban J connectivity index is 1.62. The first-order valence-corrected chi connectivity index (χ1v) is 9.45. The lowest BCUT2D eigenvalue weighted by Gasteiger charge is -2.37. The highest BCUT2D eigenvalue weighted by molar-refractivity contribution is 4.82. The summed E-state index contributed by atoms with van der Waals surface area (Å²) in [4.78, 5) is 0. The van der Waals surface area contributed by atoms with Crippen molar-refractivity contribution in [1.29, 1.82) is 0 Å². The quantitative estimate of drug-likeness (QED) is 0.522. The molecule has 2 aliphatic rings. The highest BCUT2D eigenvalue weighted by Crippen LogP contribution is 2.41. The Morgan fingerprint density at radius 3 is 1.90 bits per heavy atom. The number of hydrogen-bond donors (Lipinski definition) is 0. The van der Waals surface area contributed by atoms with E-state index < -0.39 is 0 Å². The Hall–Kier alpha value is -0.0400. The molecule has 0 atom stereocenters. The summed E-state index contributed by atoms with van der Waals surface area (Å²) in [5, 5.41) is 0. The lowest BCUT2D eigenvalue weighted by atomic mass is 9.70. The van der Waals surface area contributed by atoms with Gasteiger partial charge in [0.2, 0.25) is 0 Å². The Labute approximate surface area is 126 Å². The summed E-state index contributed by atoms with van der Waals surface area (Å²) in [6, 6.07) is 0. The molecule has 1 nitrogen and oxygen atoms in total. The van der Waals surface area contributed by atoms with Crippen LogP contribution in [-0.4, -0.2) is 12.7 Å². The van der Waals surface area contributed by atoms with E-state index >= 15 is 0 Å². The average molecular weight is 280 g/mol. The lowest BCUT2D eigenvalue weighted by molar-refractivity contribution is 0.00579. The van der Waals surface area contributed by atoms with Crippen LogP contribution in [0.2, 0.25) is 0 Å². The van der Waals surface area contributed by atoms with Crippen LogP contribution < -0.4 is 0 Å². The van der Waals surface area contributed by atoms with Gasteiger partial charge in [0.05, 0.1) is 6.10 Å². The lowest BCUT2D eigenvalue weighted by Crippen LogP contribution is -2.28. The first kappa shape index (κ1) is 16.3. The van der Waals surface area contributed by atoms with Crippen LogP contribution in [0.1, 0.15) is 90.9 Å². The van der Waals surface area contributed by atoms with E-state index in [9.17, 15) is 0 Å². The fraction of sp³-hybridized carbons (Fsp3) is 1.00. The highest BCUT2D eigenvalue weighted by atomic mass is 16.5. The van der Waals surface area contributed by atoms with Crippen molar-refractivity contribution in [3.8, 4) is 0 Å². The maximum atomic E-state index is 6.01. The molecule has 0 saturated heterocycles. The molecule has 0 radical (unpaired) electrons. The molecule has 20 heavy (non-hydrogen) atoms. The van der Waals surface area contributed by atoms with E-state index in [2.05, 4.69) is 13.8 Å². The molecule has 0 unspecified atom stereocenters. The maximum absolute atomic E-state index is 6.01. The van der Waals surface area contributed by atoms with Crippen molar-refractivity contribution in [2.75, 3.05) is 6.61 Å². The minimum absolute atomic E-state index is 0.592. The largest absolute Gasteiger partial charge is 0.378 e. The standard InChI is InChI=1S/C19H36O/c1-3-5-15-20-19-13-11-18(12-14-19)17-9-7-16(6-4-2)8-10-17/h16-19H,3-15H2,1-2H3. The van der Waals surface area contributed by atoms with Crippen molar-refractivity contribution in [3.05, 3.63) is 0 Å². The van der Waals surface area contributed by atoms with Crippen molar-refractivity contribution >= 4 is 0 Å². The molecule has 2 fully saturated rings. The Morgan fingerprint density at radius 2 is 1.35 bits per heavy atom. The van der Waals surface area contributed by atoms with E-state index in [0.29, 0.717) is 6.10 Å². The van der Waals surface area contributed by atoms with E-state index in [0.717, 1.165) is 24.4 Å². The van der Waals surface area contributed by atoms with Crippen LogP contribution in [0.15, 0.2) is 0 Å². The molecule has 0 aromatic heterocycles. The number of rotatable bonds is 7. The fourth-order valence-corrected chi connectivity index (χ4v) is 4.48. The van der Waals surface area contributed by atoms with Crippen LogP contribution in [0.25, 0.3) is 0 Å². The monoisotopic (exact) mass is 280 g/mol. The molecule has 0 aliphatic heterocycles. The first-order valence-electron chi connectivity index (χ1n) is 9.45. The average Bonchev–Trinajstić information content (AvgIpc) is 2.49. The van der Waals surface area contributed by atoms with Crippen LogP contribution in [-0.2, 0) is 4.74 Å². The third kappa shape index (κ3) is 5.06. The van der Waals surface area contributed by atoms with Gasteiger partial charge in [0.1, 0.15) is 0 Å². The SMILES string of the molecule is CCCCOC1CCC(C2CCC(CCC)CC2)CC1. The van der Waals surface area contributed by atoms with Crippen molar-refractivity contribution in [2.24, 2.45) is 17.8 Å². The highest BCUT2D eigenvalue weighted by Gasteiger charge is 2.30. The molecule has 1 heteroatoms. The molecular formula is C19H36O. The van der Waals surface area contributed by atoms with Crippen molar-refractivity contribution < 1.29 is 4.74 Å². The van der Waals surface area contributed by atoms with Gasteiger partial charge in [-0.15, -0.1) is 0 Å². The van der Waals surface area contributed by atoms with E-state index in [1.54, 1.807) is 0 Å². The minimum atomic E-state index is 0.592. The van der Waals surface area contributed by atoms with Gasteiger partial charge in [-0.3, -0.25) is 0 Å². The first-order chi connectivity index (χ1) is 9.83. The van der Waals surface area contributed by atoms with Crippen molar-refractivity contribution in [2.45, 2.75) is 97.0 Å². The smallest absolute Gasteiger partial charge is 0.0575 e. The zero-order chi connectivity index (χ0) is 14.2. The second-order valence-electron chi connectivity index (χ2n) is 7.33. The topological polar surface area (TPSA) is 9.23 Å². The molecule has 0 heterocycles. The van der Waals surface area contributed by atoms with Gasteiger partial charge in [-0.25, -0.2) is 0 Å². The number of ether oxygens (including phenoxy) is 1.